The van der Waals surface area contributed by atoms with Crippen molar-refractivity contribution in [1.29, 1.82) is 0 Å². The second-order valence-corrected chi connectivity index (χ2v) is 9.16. The monoisotopic (exact) mass is 463 g/mol. The fourth-order valence-corrected chi connectivity index (χ4v) is 4.83. The number of ether oxygens (including phenoxy) is 1. The molecular weight excluding hydrogens is 441 g/mol. The van der Waals surface area contributed by atoms with Gasteiger partial charge in [0.1, 0.15) is 11.6 Å². The minimum Gasteiger partial charge on any atom is -0.496 e. The van der Waals surface area contributed by atoms with Crippen molar-refractivity contribution >= 4 is 32.4 Å². The summed E-state index contributed by atoms with van der Waals surface area (Å²) in [5, 5.41) is 4.75. The number of sulfonamides is 1. The minimum absolute atomic E-state index is 0.0555. The lowest BCUT2D eigenvalue weighted by molar-refractivity contribution is -0.121. The van der Waals surface area contributed by atoms with Crippen molar-refractivity contribution < 1.29 is 22.3 Å². The molecule has 0 fully saturated rings. The molecule has 0 aliphatic carbocycles. The van der Waals surface area contributed by atoms with E-state index in [9.17, 15) is 17.6 Å². The van der Waals surface area contributed by atoms with E-state index >= 15 is 0 Å². The Labute approximate surface area is 184 Å². The first-order valence-electron chi connectivity index (χ1n) is 9.49. The maximum Gasteiger partial charge on any atom is 0.263 e. The predicted molar refractivity (Wildman–Crippen MR) is 117 cm³/mol. The lowest BCUT2D eigenvalue weighted by atomic mass is 10.1. The second-order valence-electron chi connectivity index (χ2n) is 6.62. The number of aromatic nitrogens is 1. The maximum absolute atomic E-state index is 13.0. The van der Waals surface area contributed by atoms with Crippen LogP contribution in [0.5, 0.6) is 5.75 Å². The molecule has 1 aromatic heterocycles. The summed E-state index contributed by atoms with van der Waals surface area (Å²) in [5.41, 5.74) is 1.63. The van der Waals surface area contributed by atoms with Crippen molar-refractivity contribution in [2.45, 2.75) is 24.2 Å². The number of rotatable bonds is 10. The van der Waals surface area contributed by atoms with Crippen LogP contribution in [-0.4, -0.2) is 33.0 Å². The van der Waals surface area contributed by atoms with E-state index in [1.54, 1.807) is 12.5 Å². The van der Waals surface area contributed by atoms with Gasteiger partial charge in [0.05, 0.1) is 17.7 Å². The first-order chi connectivity index (χ1) is 14.9. The number of hydrogen-bond donors (Lipinski definition) is 2. The molecule has 3 aromatic rings. The molecule has 0 aliphatic heterocycles. The summed E-state index contributed by atoms with van der Waals surface area (Å²) in [7, 11) is -2.24. The number of nitrogens with zero attached hydrogens (tertiary/aromatic N) is 1. The van der Waals surface area contributed by atoms with Crippen LogP contribution in [0.15, 0.2) is 58.8 Å². The molecule has 10 heteroatoms. The van der Waals surface area contributed by atoms with Gasteiger partial charge in [-0.15, -0.1) is 11.3 Å². The van der Waals surface area contributed by atoms with Gasteiger partial charge < -0.3 is 10.1 Å². The van der Waals surface area contributed by atoms with E-state index in [1.807, 2.05) is 24.3 Å². The number of halogens is 1. The van der Waals surface area contributed by atoms with E-state index in [1.165, 1.54) is 12.1 Å². The third-order valence-corrected chi connectivity index (χ3v) is 6.71. The van der Waals surface area contributed by atoms with E-state index < -0.39 is 15.8 Å². The molecular formula is C21H22FN3O4S2. The molecule has 0 unspecified atom stereocenters. The Morgan fingerprint density at radius 1 is 1.13 bits per heavy atom. The topological polar surface area (TPSA) is 97.4 Å². The van der Waals surface area contributed by atoms with Crippen molar-refractivity contribution in [2.24, 2.45) is 0 Å². The zero-order valence-corrected chi connectivity index (χ0v) is 18.4. The van der Waals surface area contributed by atoms with E-state index in [4.69, 9.17) is 4.74 Å². The fourth-order valence-electron chi connectivity index (χ4n) is 2.83. The van der Waals surface area contributed by atoms with Crippen molar-refractivity contribution in [3.8, 4) is 5.75 Å². The number of hydrogen-bond acceptors (Lipinski definition) is 6. The number of carbonyl (C=O) groups is 1. The Kier molecular flexibility index (Phi) is 7.59. The van der Waals surface area contributed by atoms with Crippen LogP contribution >= 0.6 is 11.3 Å². The zero-order valence-electron chi connectivity index (χ0n) is 16.8. The standard InChI is InChI=1S/C21H22FN3O4S2/c1-29-19-5-3-2-4-15(19)12-13-23-20(26)11-8-17-14-30-21(24-17)25-31(27,28)18-9-6-16(22)7-10-18/h2-7,9-10,14H,8,11-13H2,1H3,(H,23,26)(H,24,25). The van der Waals surface area contributed by atoms with E-state index in [-0.39, 0.29) is 22.4 Å². The predicted octanol–water partition coefficient (Wildman–Crippen LogP) is 3.38. The third kappa shape index (κ3) is 6.50. The first kappa shape index (κ1) is 22.7. The first-order valence-corrected chi connectivity index (χ1v) is 11.8. The van der Waals surface area contributed by atoms with Gasteiger partial charge in [-0.1, -0.05) is 18.2 Å². The van der Waals surface area contributed by atoms with Crippen molar-refractivity contribution in [3.63, 3.8) is 0 Å². The highest BCUT2D eigenvalue weighted by Crippen LogP contribution is 2.21. The summed E-state index contributed by atoms with van der Waals surface area (Å²) in [6, 6.07) is 12.2. The maximum atomic E-state index is 13.0. The molecule has 0 saturated heterocycles. The molecule has 0 aliphatic rings. The SMILES string of the molecule is COc1ccccc1CCNC(=O)CCc1csc(NS(=O)(=O)c2ccc(F)cc2)n1. The summed E-state index contributed by atoms with van der Waals surface area (Å²) < 4.78 is 45.3. The van der Waals surface area contributed by atoms with Crippen LogP contribution in [0.1, 0.15) is 17.7 Å². The number of amides is 1. The lowest BCUT2D eigenvalue weighted by Crippen LogP contribution is -2.26. The van der Waals surface area contributed by atoms with Gasteiger partial charge in [0.15, 0.2) is 5.13 Å². The molecule has 164 valence electrons. The van der Waals surface area contributed by atoms with Gasteiger partial charge in [0.2, 0.25) is 5.91 Å². The summed E-state index contributed by atoms with van der Waals surface area (Å²) >= 11 is 1.12. The van der Waals surface area contributed by atoms with Crippen molar-refractivity contribution in [2.75, 3.05) is 18.4 Å². The molecule has 1 heterocycles. The molecule has 0 bridgehead atoms. The third-order valence-electron chi connectivity index (χ3n) is 4.41. The molecule has 2 N–H and O–H groups in total. The molecule has 0 radical (unpaired) electrons. The number of anilines is 1. The van der Waals surface area contributed by atoms with Crippen LogP contribution in [0.4, 0.5) is 9.52 Å². The highest BCUT2D eigenvalue weighted by Gasteiger charge is 2.16. The summed E-state index contributed by atoms with van der Waals surface area (Å²) in [4.78, 5) is 16.3. The second kappa shape index (κ2) is 10.4. The minimum atomic E-state index is -3.85. The highest BCUT2D eigenvalue weighted by molar-refractivity contribution is 7.93. The van der Waals surface area contributed by atoms with Crippen LogP contribution in [0, 0.1) is 5.82 Å². The van der Waals surface area contributed by atoms with Gasteiger partial charge in [0.25, 0.3) is 10.0 Å². The number of thiazole rings is 1. The largest absolute Gasteiger partial charge is 0.496 e. The Hall–Kier alpha value is -2.98. The van der Waals surface area contributed by atoms with Crippen LogP contribution < -0.4 is 14.8 Å². The molecule has 1 amide bonds. The Morgan fingerprint density at radius 3 is 2.61 bits per heavy atom. The fraction of sp³-hybridized carbons (Fsp3) is 0.238. The zero-order chi connectivity index (χ0) is 22.3. The summed E-state index contributed by atoms with van der Waals surface area (Å²) in [6.45, 7) is 0.485. The van der Waals surface area contributed by atoms with Gasteiger partial charge >= 0.3 is 0 Å². The van der Waals surface area contributed by atoms with Crippen LogP contribution in [0.2, 0.25) is 0 Å². The summed E-state index contributed by atoms with van der Waals surface area (Å²) in [5.74, 6) is 0.155. The van der Waals surface area contributed by atoms with Crippen LogP contribution in [-0.2, 0) is 27.7 Å². The van der Waals surface area contributed by atoms with Gasteiger partial charge in [-0.25, -0.2) is 17.8 Å². The van der Waals surface area contributed by atoms with Gasteiger partial charge in [0, 0.05) is 18.3 Å². The average Bonchev–Trinajstić information content (AvgIpc) is 3.19. The number of benzene rings is 2. The Bertz CT molecular complexity index is 1130. The van der Waals surface area contributed by atoms with E-state index in [0.29, 0.717) is 25.1 Å². The quantitative estimate of drug-likeness (QED) is 0.480. The Balaban J connectivity index is 1.46. The van der Waals surface area contributed by atoms with Gasteiger partial charge in [-0.2, -0.15) is 0 Å². The van der Waals surface area contributed by atoms with Crippen LogP contribution in [0.25, 0.3) is 0 Å². The molecule has 2 aromatic carbocycles. The van der Waals surface area contributed by atoms with Gasteiger partial charge in [-0.05, 0) is 48.7 Å². The molecule has 0 atom stereocenters. The molecule has 0 saturated carbocycles. The van der Waals surface area contributed by atoms with Gasteiger partial charge in [-0.3, -0.25) is 9.52 Å². The summed E-state index contributed by atoms with van der Waals surface area (Å²) in [6.07, 6.45) is 1.27. The number of para-hydroxylation sites is 1. The van der Waals surface area contributed by atoms with Crippen molar-refractivity contribution in [3.05, 3.63) is 71.0 Å². The molecule has 31 heavy (non-hydrogen) atoms. The van der Waals surface area contributed by atoms with Crippen molar-refractivity contribution in [1.82, 2.24) is 10.3 Å². The smallest absolute Gasteiger partial charge is 0.263 e. The number of carbonyl (C=O) groups excluding carboxylic acids is 1. The number of aryl methyl sites for hydroxylation is 1. The van der Waals surface area contributed by atoms with E-state index in [2.05, 4.69) is 15.0 Å². The van der Waals surface area contributed by atoms with E-state index in [0.717, 1.165) is 34.8 Å². The van der Waals surface area contributed by atoms with Crippen LogP contribution in [0.3, 0.4) is 0 Å². The molecule has 7 nitrogen and oxygen atoms in total. The molecule has 3 rings (SSSR count). The lowest BCUT2D eigenvalue weighted by Gasteiger charge is -2.09. The normalized spacial score (nSPS) is 11.2. The number of methoxy groups -OCH3 is 1. The highest BCUT2D eigenvalue weighted by atomic mass is 32.2. The average molecular weight is 464 g/mol. The molecule has 0 spiro atoms. The number of nitrogens with one attached hydrogen (secondary N) is 2. The Morgan fingerprint density at radius 2 is 1.87 bits per heavy atom.